The normalized spacial score (nSPS) is 10.4. The summed E-state index contributed by atoms with van der Waals surface area (Å²) in [5, 5.41) is 3.56. The number of amides is 1. The fourth-order valence-corrected chi connectivity index (χ4v) is 2.73. The second-order valence-electron chi connectivity index (χ2n) is 4.30. The number of rotatable bonds is 5. The minimum absolute atomic E-state index is 0.144. The number of halogens is 3. The summed E-state index contributed by atoms with van der Waals surface area (Å²) in [4.78, 5) is 11.8. The zero-order valence-electron chi connectivity index (χ0n) is 10.9. The molecule has 1 N–H and O–H groups in total. The van der Waals surface area contributed by atoms with E-state index in [4.69, 9.17) is 23.2 Å². The Kier molecular flexibility index (Phi) is 5.91. The molecule has 0 atom stereocenters. The summed E-state index contributed by atoms with van der Waals surface area (Å²) in [6, 6.07) is 11.2. The molecule has 0 saturated heterocycles. The van der Waals surface area contributed by atoms with Crippen molar-refractivity contribution in [2.24, 2.45) is 0 Å². The van der Waals surface area contributed by atoms with Crippen LogP contribution in [0.4, 0.5) is 10.1 Å². The van der Waals surface area contributed by atoms with E-state index < -0.39 is 0 Å². The van der Waals surface area contributed by atoms with Gasteiger partial charge in [-0.2, -0.15) is 0 Å². The number of carbonyl (C=O) groups excluding carboxylic acids is 1. The lowest BCUT2D eigenvalue weighted by Gasteiger charge is -2.06. The fraction of sp³-hybridized carbons (Fsp3) is 0.133. The Labute approximate surface area is 136 Å². The lowest BCUT2D eigenvalue weighted by atomic mass is 10.2. The van der Waals surface area contributed by atoms with Gasteiger partial charge in [-0.15, -0.1) is 11.8 Å². The summed E-state index contributed by atoms with van der Waals surface area (Å²) in [5.41, 5.74) is 1.45. The Balaban J connectivity index is 1.81. The van der Waals surface area contributed by atoms with Crippen LogP contribution in [0.2, 0.25) is 10.0 Å². The molecule has 0 aliphatic heterocycles. The second-order valence-corrected chi connectivity index (χ2v) is 6.10. The molecule has 0 saturated carbocycles. The molecule has 2 nitrogen and oxygen atoms in total. The highest BCUT2D eigenvalue weighted by atomic mass is 35.5. The van der Waals surface area contributed by atoms with E-state index in [1.54, 1.807) is 24.3 Å². The summed E-state index contributed by atoms with van der Waals surface area (Å²) >= 11 is 13.1. The molecule has 1 amide bonds. The van der Waals surface area contributed by atoms with Crippen molar-refractivity contribution in [2.45, 2.75) is 5.75 Å². The third-order valence-corrected chi connectivity index (χ3v) is 4.34. The molecule has 0 heterocycles. The van der Waals surface area contributed by atoms with Crippen LogP contribution < -0.4 is 5.32 Å². The van der Waals surface area contributed by atoms with Gasteiger partial charge in [-0.3, -0.25) is 4.79 Å². The average Bonchev–Trinajstić information content (AvgIpc) is 2.43. The molecule has 0 aliphatic rings. The van der Waals surface area contributed by atoms with E-state index in [0.29, 0.717) is 21.5 Å². The highest BCUT2D eigenvalue weighted by Crippen LogP contribution is 2.25. The molecule has 0 spiro atoms. The maximum Gasteiger partial charge on any atom is 0.234 e. The Bertz CT molecular complexity index is 651. The van der Waals surface area contributed by atoms with Gasteiger partial charge in [-0.1, -0.05) is 35.3 Å². The lowest BCUT2D eigenvalue weighted by Crippen LogP contribution is -2.14. The first-order chi connectivity index (χ1) is 10.0. The van der Waals surface area contributed by atoms with E-state index in [0.717, 1.165) is 5.56 Å². The summed E-state index contributed by atoms with van der Waals surface area (Å²) in [5.74, 6) is 0.437. The van der Waals surface area contributed by atoms with Gasteiger partial charge in [0.05, 0.1) is 15.8 Å². The van der Waals surface area contributed by atoms with Gasteiger partial charge in [0.1, 0.15) is 5.82 Å². The molecule has 2 aromatic carbocycles. The van der Waals surface area contributed by atoms with Crippen molar-refractivity contribution in [3.63, 3.8) is 0 Å². The monoisotopic (exact) mass is 343 g/mol. The maximum absolute atomic E-state index is 13.0. The van der Waals surface area contributed by atoms with Crippen LogP contribution in [0.15, 0.2) is 42.5 Å². The zero-order valence-corrected chi connectivity index (χ0v) is 13.2. The van der Waals surface area contributed by atoms with Gasteiger partial charge in [-0.05, 0) is 35.9 Å². The standard InChI is InChI=1S/C15H12Cl2FNOS/c16-13-5-4-12(7-14(13)17)19-15(20)9-21-8-10-2-1-3-11(18)6-10/h1-7H,8-9H2,(H,19,20). The van der Waals surface area contributed by atoms with E-state index in [-0.39, 0.29) is 17.5 Å². The largest absolute Gasteiger partial charge is 0.325 e. The maximum atomic E-state index is 13.0. The summed E-state index contributed by atoms with van der Waals surface area (Å²) in [6.07, 6.45) is 0. The number of thioether (sulfide) groups is 1. The fourth-order valence-electron chi connectivity index (χ4n) is 1.66. The molecule has 0 fully saturated rings. The predicted octanol–water partition coefficient (Wildman–Crippen LogP) is 5.00. The number of benzene rings is 2. The van der Waals surface area contributed by atoms with Crippen LogP contribution in [0.25, 0.3) is 0 Å². The number of hydrogen-bond acceptors (Lipinski definition) is 2. The second kappa shape index (κ2) is 7.69. The van der Waals surface area contributed by atoms with Gasteiger partial charge < -0.3 is 5.32 Å². The summed E-state index contributed by atoms with van der Waals surface area (Å²) in [7, 11) is 0. The van der Waals surface area contributed by atoms with Crippen molar-refractivity contribution in [3.05, 3.63) is 63.9 Å². The molecule has 2 aromatic rings. The molecule has 0 unspecified atom stereocenters. The van der Waals surface area contributed by atoms with Gasteiger partial charge in [0.2, 0.25) is 5.91 Å². The van der Waals surface area contributed by atoms with Crippen molar-refractivity contribution < 1.29 is 9.18 Å². The Morgan fingerprint density at radius 1 is 1.14 bits per heavy atom. The molecule has 0 aliphatic carbocycles. The molecule has 0 bridgehead atoms. The van der Waals surface area contributed by atoms with Gasteiger partial charge in [-0.25, -0.2) is 4.39 Å². The van der Waals surface area contributed by atoms with Crippen LogP contribution in [0.3, 0.4) is 0 Å². The third kappa shape index (κ3) is 5.23. The average molecular weight is 344 g/mol. The predicted molar refractivity (Wildman–Crippen MR) is 87.7 cm³/mol. The van der Waals surface area contributed by atoms with Crippen molar-refractivity contribution in [1.29, 1.82) is 0 Å². The molecule has 2 rings (SSSR count). The molecule has 0 radical (unpaired) electrons. The summed E-state index contributed by atoms with van der Waals surface area (Å²) in [6.45, 7) is 0. The zero-order chi connectivity index (χ0) is 15.2. The van der Waals surface area contributed by atoms with Gasteiger partial charge in [0.25, 0.3) is 0 Å². The van der Waals surface area contributed by atoms with Crippen LogP contribution in [0, 0.1) is 5.82 Å². The molecule has 0 aromatic heterocycles. The molecule has 21 heavy (non-hydrogen) atoms. The van der Waals surface area contributed by atoms with Crippen LogP contribution in [0.5, 0.6) is 0 Å². The van der Waals surface area contributed by atoms with Gasteiger partial charge in [0.15, 0.2) is 0 Å². The highest BCUT2D eigenvalue weighted by molar-refractivity contribution is 7.99. The number of carbonyl (C=O) groups is 1. The molecular weight excluding hydrogens is 332 g/mol. The first-order valence-corrected chi connectivity index (χ1v) is 8.03. The van der Waals surface area contributed by atoms with Crippen molar-refractivity contribution in [3.8, 4) is 0 Å². The highest BCUT2D eigenvalue weighted by Gasteiger charge is 2.05. The van der Waals surface area contributed by atoms with Crippen molar-refractivity contribution in [1.82, 2.24) is 0 Å². The van der Waals surface area contributed by atoms with Crippen LogP contribution in [-0.2, 0) is 10.5 Å². The van der Waals surface area contributed by atoms with E-state index in [2.05, 4.69) is 5.32 Å². The Morgan fingerprint density at radius 2 is 1.95 bits per heavy atom. The first kappa shape index (κ1) is 16.1. The van der Waals surface area contributed by atoms with Crippen LogP contribution >= 0.6 is 35.0 Å². The van der Waals surface area contributed by atoms with Gasteiger partial charge >= 0.3 is 0 Å². The minimum atomic E-state index is -0.270. The minimum Gasteiger partial charge on any atom is -0.325 e. The van der Waals surface area contributed by atoms with E-state index >= 15 is 0 Å². The molecule has 6 heteroatoms. The van der Waals surface area contributed by atoms with Crippen molar-refractivity contribution in [2.75, 3.05) is 11.1 Å². The van der Waals surface area contributed by atoms with E-state index in [1.807, 2.05) is 6.07 Å². The quantitative estimate of drug-likeness (QED) is 0.827. The lowest BCUT2D eigenvalue weighted by molar-refractivity contribution is -0.113. The molecular formula is C15H12Cl2FNOS. The van der Waals surface area contributed by atoms with E-state index in [1.165, 1.54) is 23.9 Å². The van der Waals surface area contributed by atoms with Gasteiger partial charge in [0, 0.05) is 11.4 Å². The number of hydrogen-bond donors (Lipinski definition) is 1. The third-order valence-electron chi connectivity index (χ3n) is 2.59. The van der Waals surface area contributed by atoms with Crippen LogP contribution in [0.1, 0.15) is 5.56 Å². The summed E-state index contributed by atoms with van der Waals surface area (Å²) < 4.78 is 13.0. The SMILES string of the molecule is O=C(CSCc1cccc(F)c1)Nc1ccc(Cl)c(Cl)c1. The smallest absolute Gasteiger partial charge is 0.234 e. The Hall–Kier alpha value is -1.23. The molecule has 110 valence electrons. The van der Waals surface area contributed by atoms with E-state index in [9.17, 15) is 9.18 Å². The van der Waals surface area contributed by atoms with Crippen LogP contribution in [-0.4, -0.2) is 11.7 Å². The first-order valence-electron chi connectivity index (χ1n) is 6.11. The number of nitrogens with one attached hydrogen (secondary N) is 1. The van der Waals surface area contributed by atoms with Crippen molar-refractivity contribution >= 4 is 46.6 Å². The Morgan fingerprint density at radius 3 is 2.67 bits per heavy atom. The number of anilines is 1. The topological polar surface area (TPSA) is 29.1 Å².